The van der Waals surface area contributed by atoms with Gasteiger partial charge in [-0.05, 0) is 57.9 Å². The predicted octanol–water partition coefficient (Wildman–Crippen LogP) is 3.93. The standard InChI is InChI=1S/C16H8N2O2/c19-9-17-15-3-1-11-5-12-2-4-16(18-10-20)8-14(12)6-13(11)7-15/h1-8H. The maximum atomic E-state index is 10.3. The van der Waals surface area contributed by atoms with E-state index in [4.69, 9.17) is 0 Å². The minimum absolute atomic E-state index is 0.564. The Morgan fingerprint density at radius 2 is 1.05 bits per heavy atom. The van der Waals surface area contributed by atoms with Crippen LogP contribution in [0.4, 0.5) is 11.4 Å². The van der Waals surface area contributed by atoms with Gasteiger partial charge in [-0.25, -0.2) is 9.59 Å². The molecular formula is C16H8N2O2. The first kappa shape index (κ1) is 12.0. The van der Waals surface area contributed by atoms with E-state index in [-0.39, 0.29) is 0 Å². The molecule has 0 amide bonds. The molecule has 20 heavy (non-hydrogen) atoms. The fourth-order valence-corrected chi connectivity index (χ4v) is 2.22. The average molecular weight is 260 g/mol. The molecule has 0 spiro atoms. The number of aliphatic imine (C=N–C) groups is 2. The van der Waals surface area contributed by atoms with Crippen LogP contribution in [-0.4, -0.2) is 12.2 Å². The quantitative estimate of drug-likeness (QED) is 0.398. The molecule has 3 aromatic carbocycles. The molecule has 4 nitrogen and oxygen atoms in total. The van der Waals surface area contributed by atoms with Crippen LogP contribution in [0.2, 0.25) is 0 Å². The first-order chi connectivity index (χ1) is 9.80. The Balaban J connectivity index is 2.29. The molecule has 0 saturated carbocycles. The van der Waals surface area contributed by atoms with Crippen molar-refractivity contribution in [2.24, 2.45) is 9.98 Å². The molecule has 0 aliphatic carbocycles. The molecule has 0 saturated heterocycles. The Morgan fingerprint density at radius 1 is 0.600 bits per heavy atom. The lowest BCUT2D eigenvalue weighted by Crippen LogP contribution is -1.77. The molecule has 0 radical (unpaired) electrons. The molecule has 0 aliphatic rings. The minimum atomic E-state index is 0.564. The van der Waals surface area contributed by atoms with Crippen LogP contribution in [0.25, 0.3) is 21.5 Å². The number of carbonyl (C=O) groups excluding carboxylic acids is 2. The second kappa shape index (κ2) is 4.90. The van der Waals surface area contributed by atoms with Gasteiger partial charge in [-0.2, -0.15) is 9.98 Å². The van der Waals surface area contributed by atoms with E-state index in [1.54, 1.807) is 12.1 Å². The highest BCUT2D eigenvalue weighted by atomic mass is 16.1. The molecular weight excluding hydrogens is 252 g/mol. The normalized spacial score (nSPS) is 10.0. The summed E-state index contributed by atoms with van der Waals surface area (Å²) in [5.41, 5.74) is 1.13. The van der Waals surface area contributed by atoms with Crippen molar-refractivity contribution in [3.05, 3.63) is 48.5 Å². The number of nitrogens with zero attached hydrogens (tertiary/aromatic N) is 2. The van der Waals surface area contributed by atoms with Gasteiger partial charge in [0.15, 0.2) is 0 Å². The highest BCUT2D eigenvalue weighted by Crippen LogP contribution is 2.28. The van der Waals surface area contributed by atoms with E-state index in [2.05, 4.69) is 9.98 Å². The van der Waals surface area contributed by atoms with Crippen molar-refractivity contribution in [3.63, 3.8) is 0 Å². The van der Waals surface area contributed by atoms with Crippen LogP contribution in [0, 0.1) is 0 Å². The van der Waals surface area contributed by atoms with Gasteiger partial charge in [0.2, 0.25) is 12.2 Å². The molecule has 0 aromatic heterocycles. The zero-order valence-corrected chi connectivity index (χ0v) is 10.3. The number of isocyanates is 2. The van der Waals surface area contributed by atoms with Crippen LogP contribution < -0.4 is 0 Å². The second-order valence-electron chi connectivity index (χ2n) is 4.32. The Labute approximate surface area is 114 Å². The first-order valence-electron chi connectivity index (χ1n) is 5.93. The fraction of sp³-hybridized carbons (Fsp3) is 0. The van der Waals surface area contributed by atoms with Crippen LogP contribution in [0.5, 0.6) is 0 Å². The van der Waals surface area contributed by atoms with Gasteiger partial charge in [0.1, 0.15) is 0 Å². The van der Waals surface area contributed by atoms with Crippen molar-refractivity contribution in [3.8, 4) is 0 Å². The van der Waals surface area contributed by atoms with E-state index in [0.29, 0.717) is 11.4 Å². The molecule has 3 aromatic rings. The highest BCUT2D eigenvalue weighted by molar-refractivity contribution is 6.00. The minimum Gasteiger partial charge on any atom is -0.211 e. The summed E-state index contributed by atoms with van der Waals surface area (Å²) >= 11 is 0. The highest BCUT2D eigenvalue weighted by Gasteiger charge is 2.01. The van der Waals surface area contributed by atoms with Crippen molar-refractivity contribution in [2.45, 2.75) is 0 Å². The number of hydrogen-bond donors (Lipinski definition) is 0. The lowest BCUT2D eigenvalue weighted by atomic mass is 10.0. The van der Waals surface area contributed by atoms with Gasteiger partial charge in [0, 0.05) is 0 Å². The number of rotatable bonds is 2. The van der Waals surface area contributed by atoms with Crippen LogP contribution in [-0.2, 0) is 9.59 Å². The summed E-state index contributed by atoms with van der Waals surface area (Å²) in [6.07, 6.45) is 3.06. The predicted molar refractivity (Wildman–Crippen MR) is 77.0 cm³/mol. The Morgan fingerprint density at radius 3 is 1.50 bits per heavy atom. The van der Waals surface area contributed by atoms with E-state index in [9.17, 15) is 9.59 Å². The second-order valence-corrected chi connectivity index (χ2v) is 4.32. The maximum Gasteiger partial charge on any atom is 0.240 e. The molecule has 0 N–H and O–H groups in total. The maximum absolute atomic E-state index is 10.3. The van der Waals surface area contributed by atoms with E-state index in [0.717, 1.165) is 21.5 Å². The van der Waals surface area contributed by atoms with Crippen molar-refractivity contribution in [2.75, 3.05) is 0 Å². The summed E-state index contributed by atoms with van der Waals surface area (Å²) in [5, 5.41) is 4.02. The summed E-state index contributed by atoms with van der Waals surface area (Å²) in [5.74, 6) is 0. The number of hydrogen-bond acceptors (Lipinski definition) is 4. The van der Waals surface area contributed by atoms with Crippen LogP contribution in [0.1, 0.15) is 0 Å². The third-order valence-corrected chi connectivity index (χ3v) is 3.11. The lowest BCUT2D eigenvalue weighted by Gasteiger charge is -2.03. The molecule has 0 unspecified atom stereocenters. The topological polar surface area (TPSA) is 58.9 Å². The first-order valence-corrected chi connectivity index (χ1v) is 5.93. The third kappa shape index (κ3) is 2.13. The smallest absolute Gasteiger partial charge is 0.211 e. The van der Waals surface area contributed by atoms with E-state index in [1.165, 1.54) is 12.2 Å². The van der Waals surface area contributed by atoms with Gasteiger partial charge >= 0.3 is 0 Å². The Bertz CT molecular complexity index is 845. The molecule has 0 bridgehead atoms. The zero-order valence-electron chi connectivity index (χ0n) is 10.3. The van der Waals surface area contributed by atoms with Gasteiger partial charge in [-0.15, -0.1) is 0 Å². The SMILES string of the molecule is O=C=Nc1ccc2cc3ccc(N=C=O)cc3cc2c1. The van der Waals surface area contributed by atoms with Gasteiger partial charge < -0.3 is 0 Å². The van der Waals surface area contributed by atoms with Gasteiger partial charge in [-0.1, -0.05) is 12.1 Å². The van der Waals surface area contributed by atoms with Crippen LogP contribution in [0.15, 0.2) is 58.5 Å². The lowest BCUT2D eigenvalue weighted by molar-refractivity contribution is 0.564. The number of fused-ring (bicyclic) bond motifs is 2. The van der Waals surface area contributed by atoms with Crippen molar-refractivity contribution >= 4 is 45.1 Å². The fourth-order valence-electron chi connectivity index (χ4n) is 2.22. The summed E-state index contributed by atoms with van der Waals surface area (Å²) < 4.78 is 0. The summed E-state index contributed by atoms with van der Waals surface area (Å²) in [7, 11) is 0. The van der Waals surface area contributed by atoms with Gasteiger partial charge in [0.05, 0.1) is 11.4 Å². The average Bonchev–Trinajstić information content (AvgIpc) is 2.46. The largest absolute Gasteiger partial charge is 0.240 e. The van der Waals surface area contributed by atoms with Crippen LogP contribution >= 0.6 is 0 Å². The zero-order chi connectivity index (χ0) is 13.9. The molecule has 3 rings (SSSR count). The molecule has 0 heterocycles. The Kier molecular flexibility index (Phi) is 2.94. The Hall–Kier alpha value is -3.06. The molecule has 0 atom stereocenters. The van der Waals surface area contributed by atoms with E-state index >= 15 is 0 Å². The summed E-state index contributed by atoms with van der Waals surface area (Å²) in [4.78, 5) is 27.8. The van der Waals surface area contributed by atoms with Crippen molar-refractivity contribution in [1.82, 2.24) is 0 Å². The number of benzene rings is 3. The molecule has 4 heteroatoms. The summed E-state index contributed by atoms with van der Waals surface area (Å²) in [6, 6.07) is 15.0. The monoisotopic (exact) mass is 260 g/mol. The van der Waals surface area contributed by atoms with Crippen molar-refractivity contribution < 1.29 is 9.59 Å². The molecule has 0 aliphatic heterocycles. The van der Waals surface area contributed by atoms with E-state index in [1.807, 2.05) is 36.4 Å². The van der Waals surface area contributed by atoms with Gasteiger partial charge in [0.25, 0.3) is 0 Å². The third-order valence-electron chi connectivity index (χ3n) is 3.11. The molecule has 0 fully saturated rings. The van der Waals surface area contributed by atoms with Crippen molar-refractivity contribution in [1.29, 1.82) is 0 Å². The molecule has 94 valence electrons. The van der Waals surface area contributed by atoms with E-state index < -0.39 is 0 Å². The van der Waals surface area contributed by atoms with Crippen LogP contribution in [0.3, 0.4) is 0 Å². The summed E-state index contributed by atoms with van der Waals surface area (Å²) in [6.45, 7) is 0. The van der Waals surface area contributed by atoms with Gasteiger partial charge in [-0.3, -0.25) is 0 Å².